The molecule has 4 rings (SSSR count). The smallest absolute Gasteiger partial charge is 0.296 e. The summed E-state index contributed by atoms with van der Waals surface area (Å²) in [6, 6.07) is 3.51. The van der Waals surface area contributed by atoms with Gasteiger partial charge in [0.1, 0.15) is 10.7 Å². The van der Waals surface area contributed by atoms with E-state index in [4.69, 9.17) is 11.6 Å². The minimum absolute atomic E-state index is 0.104. The van der Waals surface area contributed by atoms with E-state index in [1.54, 1.807) is 12.1 Å². The highest BCUT2D eigenvalue weighted by atomic mass is 35.5. The van der Waals surface area contributed by atoms with E-state index < -0.39 is 17.5 Å². The lowest BCUT2D eigenvalue weighted by Gasteiger charge is -2.28. The summed E-state index contributed by atoms with van der Waals surface area (Å²) in [5.74, 6) is -0.121. The molecule has 5 nitrogen and oxygen atoms in total. The second-order valence-electron chi connectivity index (χ2n) is 7.19. The highest BCUT2D eigenvalue weighted by molar-refractivity contribution is 6.29. The molecular formula is C17H18ClF3N4O. The van der Waals surface area contributed by atoms with Gasteiger partial charge in [0.15, 0.2) is 5.65 Å². The zero-order chi connectivity index (χ0) is 18.5. The third kappa shape index (κ3) is 3.04. The highest BCUT2D eigenvalue weighted by Crippen LogP contribution is 2.60. The molecule has 1 amide bonds. The van der Waals surface area contributed by atoms with E-state index in [0.717, 1.165) is 19.3 Å². The Bertz CT molecular complexity index is 856. The molecule has 0 radical (unpaired) electrons. The van der Waals surface area contributed by atoms with Crippen molar-refractivity contribution < 1.29 is 18.0 Å². The van der Waals surface area contributed by atoms with Crippen LogP contribution in [0.3, 0.4) is 0 Å². The topological polar surface area (TPSA) is 59.8 Å². The van der Waals surface area contributed by atoms with Crippen molar-refractivity contribution in [2.24, 2.45) is 5.41 Å². The number of nitrogens with one attached hydrogen (secondary N) is 1. The molecule has 2 fully saturated rings. The molecule has 2 aromatic heterocycles. The minimum Gasteiger partial charge on any atom is -0.296 e. The van der Waals surface area contributed by atoms with Crippen LogP contribution in [-0.4, -0.2) is 26.6 Å². The number of hydrogen-bond donors (Lipinski definition) is 1. The van der Waals surface area contributed by atoms with Crippen LogP contribution >= 0.6 is 11.6 Å². The summed E-state index contributed by atoms with van der Waals surface area (Å²) in [6.45, 7) is 0. The van der Waals surface area contributed by atoms with Gasteiger partial charge in [0.25, 0.3) is 0 Å². The molecule has 2 aromatic rings. The largest absolute Gasteiger partial charge is 0.394 e. The molecule has 9 heteroatoms. The number of nitrogens with zero attached hydrogens (tertiary/aromatic N) is 3. The number of alkyl halides is 3. The Labute approximate surface area is 152 Å². The van der Waals surface area contributed by atoms with E-state index in [0.29, 0.717) is 22.3 Å². The van der Waals surface area contributed by atoms with E-state index in [1.165, 1.54) is 0 Å². The third-order valence-corrected chi connectivity index (χ3v) is 5.69. The number of pyridine rings is 1. The first-order chi connectivity index (χ1) is 12.3. The average molecular weight is 387 g/mol. The molecule has 0 atom stereocenters. The monoisotopic (exact) mass is 386 g/mol. The predicted octanol–water partition coefficient (Wildman–Crippen LogP) is 4.87. The summed E-state index contributed by atoms with van der Waals surface area (Å²) in [5, 5.41) is 3.01. The lowest BCUT2D eigenvalue weighted by Crippen LogP contribution is -2.27. The zero-order valence-corrected chi connectivity index (χ0v) is 14.7. The van der Waals surface area contributed by atoms with Gasteiger partial charge in [-0.05, 0) is 50.7 Å². The number of carbonyl (C=O) groups is 1. The van der Waals surface area contributed by atoms with E-state index >= 15 is 0 Å². The first-order valence-electron chi connectivity index (χ1n) is 8.70. The molecular weight excluding hydrogens is 369 g/mol. The van der Waals surface area contributed by atoms with Crippen molar-refractivity contribution in [1.82, 2.24) is 14.5 Å². The van der Waals surface area contributed by atoms with Crippen molar-refractivity contribution in [3.05, 3.63) is 17.3 Å². The van der Waals surface area contributed by atoms with Gasteiger partial charge < -0.3 is 0 Å². The number of rotatable bonds is 5. The number of amides is 1. The Morgan fingerprint density at radius 2 is 2.04 bits per heavy atom. The molecule has 0 aliphatic heterocycles. The summed E-state index contributed by atoms with van der Waals surface area (Å²) in [7, 11) is 0. The van der Waals surface area contributed by atoms with Crippen molar-refractivity contribution in [1.29, 1.82) is 0 Å². The Morgan fingerprint density at radius 3 is 2.62 bits per heavy atom. The predicted molar refractivity (Wildman–Crippen MR) is 91.0 cm³/mol. The van der Waals surface area contributed by atoms with Gasteiger partial charge in [-0.1, -0.05) is 11.6 Å². The fraction of sp³-hybridized carbons (Fsp3) is 0.588. The van der Waals surface area contributed by atoms with E-state index in [-0.39, 0.29) is 31.7 Å². The molecule has 2 saturated carbocycles. The van der Waals surface area contributed by atoms with Gasteiger partial charge in [-0.2, -0.15) is 13.2 Å². The van der Waals surface area contributed by atoms with Crippen LogP contribution in [0.2, 0.25) is 5.15 Å². The van der Waals surface area contributed by atoms with Gasteiger partial charge in [-0.25, -0.2) is 9.97 Å². The van der Waals surface area contributed by atoms with Crippen molar-refractivity contribution in [2.45, 2.75) is 57.2 Å². The summed E-state index contributed by atoms with van der Waals surface area (Å²) in [5.41, 5.74) is -0.481. The summed E-state index contributed by atoms with van der Waals surface area (Å²) < 4.78 is 40.9. The summed E-state index contributed by atoms with van der Waals surface area (Å²) in [6.07, 6.45) is -1.43. The number of carbonyl (C=O) groups excluding carboxylic acids is 1. The highest BCUT2D eigenvalue weighted by Gasteiger charge is 2.62. The molecule has 140 valence electrons. The number of hydrogen-bond acceptors (Lipinski definition) is 3. The Kier molecular flexibility index (Phi) is 4.13. The van der Waals surface area contributed by atoms with Gasteiger partial charge in [0.2, 0.25) is 11.9 Å². The molecule has 2 aliphatic rings. The second-order valence-corrected chi connectivity index (χ2v) is 7.58. The van der Waals surface area contributed by atoms with E-state index in [1.807, 2.05) is 4.57 Å². The summed E-state index contributed by atoms with van der Waals surface area (Å²) >= 11 is 5.97. The maximum absolute atomic E-state index is 13.0. The van der Waals surface area contributed by atoms with Crippen LogP contribution in [0.5, 0.6) is 0 Å². The fourth-order valence-corrected chi connectivity index (χ4v) is 3.54. The molecule has 0 aromatic carbocycles. The molecule has 0 bridgehead atoms. The normalized spacial score (nSPS) is 19.4. The SMILES string of the molecule is O=C(CCC1(C(F)(F)F)CC1)Nc1nc2ccc(Cl)nc2n1C1CCC1. The second kappa shape index (κ2) is 6.11. The van der Waals surface area contributed by atoms with Crippen LogP contribution in [-0.2, 0) is 4.79 Å². The third-order valence-electron chi connectivity index (χ3n) is 5.48. The van der Waals surface area contributed by atoms with Gasteiger partial charge >= 0.3 is 6.18 Å². The van der Waals surface area contributed by atoms with Crippen molar-refractivity contribution >= 4 is 34.6 Å². The number of aromatic nitrogens is 3. The Morgan fingerprint density at radius 1 is 1.31 bits per heavy atom. The van der Waals surface area contributed by atoms with Gasteiger partial charge in [0.05, 0.1) is 5.41 Å². The van der Waals surface area contributed by atoms with Gasteiger partial charge in [-0.3, -0.25) is 14.7 Å². The van der Waals surface area contributed by atoms with E-state index in [2.05, 4.69) is 15.3 Å². The van der Waals surface area contributed by atoms with Gasteiger partial charge in [0, 0.05) is 12.5 Å². The molecule has 1 N–H and O–H groups in total. The van der Waals surface area contributed by atoms with Crippen LogP contribution in [0.15, 0.2) is 12.1 Å². The minimum atomic E-state index is -4.24. The van der Waals surface area contributed by atoms with Gasteiger partial charge in [-0.15, -0.1) is 0 Å². The lowest BCUT2D eigenvalue weighted by atomic mass is 9.93. The molecule has 26 heavy (non-hydrogen) atoms. The average Bonchev–Trinajstić information content (AvgIpc) is 3.25. The first-order valence-corrected chi connectivity index (χ1v) is 9.08. The zero-order valence-electron chi connectivity index (χ0n) is 13.9. The quantitative estimate of drug-likeness (QED) is 0.746. The molecule has 0 spiro atoms. The maximum Gasteiger partial charge on any atom is 0.394 e. The molecule has 2 aliphatic carbocycles. The molecule has 0 saturated heterocycles. The Hall–Kier alpha value is -1.83. The Balaban J connectivity index is 1.52. The molecule has 2 heterocycles. The summed E-state index contributed by atoms with van der Waals surface area (Å²) in [4.78, 5) is 21.0. The van der Waals surface area contributed by atoms with E-state index in [9.17, 15) is 18.0 Å². The molecule has 0 unspecified atom stereocenters. The number of halogens is 4. The van der Waals surface area contributed by atoms with Crippen LogP contribution in [0.4, 0.5) is 19.1 Å². The van der Waals surface area contributed by atoms with Crippen LogP contribution < -0.4 is 5.32 Å². The van der Waals surface area contributed by atoms with Crippen molar-refractivity contribution in [3.63, 3.8) is 0 Å². The standard InChI is InChI=1S/C17H18ClF3N4O/c18-12-5-4-11-14(23-12)25(10-2-1-3-10)15(22-11)24-13(26)6-7-16(8-9-16)17(19,20)21/h4-5,10H,1-3,6-9H2,(H,22,24,26). The van der Waals surface area contributed by atoms with Crippen molar-refractivity contribution in [3.8, 4) is 0 Å². The maximum atomic E-state index is 13.0. The van der Waals surface area contributed by atoms with Crippen LogP contribution in [0, 0.1) is 5.41 Å². The lowest BCUT2D eigenvalue weighted by molar-refractivity contribution is -0.189. The van der Waals surface area contributed by atoms with Crippen LogP contribution in [0.1, 0.15) is 51.0 Å². The number of fused-ring (bicyclic) bond motifs is 1. The van der Waals surface area contributed by atoms with Crippen LogP contribution in [0.25, 0.3) is 11.2 Å². The first kappa shape index (κ1) is 17.6. The van der Waals surface area contributed by atoms with Crippen molar-refractivity contribution in [2.75, 3.05) is 5.32 Å². The number of anilines is 1. The fourth-order valence-electron chi connectivity index (χ4n) is 3.40. The number of imidazole rings is 1.